The first kappa shape index (κ1) is 21.4. The van der Waals surface area contributed by atoms with Crippen LogP contribution < -0.4 is 4.74 Å². The van der Waals surface area contributed by atoms with Crippen molar-refractivity contribution in [1.82, 2.24) is 9.88 Å². The highest BCUT2D eigenvalue weighted by molar-refractivity contribution is 5.85. The van der Waals surface area contributed by atoms with Crippen LogP contribution in [0.1, 0.15) is 59.4 Å². The predicted octanol–water partition coefficient (Wildman–Crippen LogP) is 4.62. The van der Waals surface area contributed by atoms with E-state index in [0.29, 0.717) is 13.0 Å². The molecule has 2 aromatic carbocycles. The number of hydrogen-bond acceptors (Lipinski definition) is 4. The molecule has 1 saturated heterocycles. The lowest BCUT2D eigenvalue weighted by Gasteiger charge is -2.46. The fourth-order valence-electron chi connectivity index (χ4n) is 5.43. The summed E-state index contributed by atoms with van der Waals surface area (Å²) < 4.78 is 20.3. The summed E-state index contributed by atoms with van der Waals surface area (Å²) in [5, 5.41) is 22.6. The number of H-pyrrole nitrogens is 1. The van der Waals surface area contributed by atoms with Gasteiger partial charge in [0, 0.05) is 53.8 Å². The Bertz CT molecular complexity index is 1160. The zero-order valence-corrected chi connectivity index (χ0v) is 18.9. The number of fused-ring (bicyclic) bond motifs is 2. The fraction of sp³-hybridized carbons (Fsp3) is 0.462. The number of halogens is 1. The molecule has 1 spiro atoms. The predicted molar refractivity (Wildman–Crippen MR) is 122 cm³/mol. The largest absolute Gasteiger partial charge is 0.487 e. The molecule has 0 unspecified atom stereocenters. The van der Waals surface area contributed by atoms with Crippen molar-refractivity contribution in [3.63, 3.8) is 0 Å². The second-order valence-corrected chi connectivity index (χ2v) is 9.65. The quantitative estimate of drug-likeness (QED) is 0.558. The van der Waals surface area contributed by atoms with Crippen molar-refractivity contribution in [1.29, 1.82) is 0 Å². The molecule has 3 heterocycles. The van der Waals surface area contributed by atoms with Gasteiger partial charge in [-0.1, -0.05) is 0 Å². The Labute approximate surface area is 187 Å². The molecule has 0 saturated carbocycles. The molecule has 2 atom stereocenters. The topological polar surface area (TPSA) is 68.7 Å². The van der Waals surface area contributed by atoms with Crippen molar-refractivity contribution in [2.75, 3.05) is 19.6 Å². The number of benzene rings is 2. The van der Waals surface area contributed by atoms with Gasteiger partial charge in [0.15, 0.2) is 0 Å². The number of aliphatic hydroxyl groups is 2. The molecule has 170 valence electrons. The molecule has 2 aliphatic heterocycles. The lowest BCUT2D eigenvalue weighted by atomic mass is 9.81. The maximum atomic E-state index is 13.8. The number of aromatic nitrogens is 1. The van der Waals surface area contributed by atoms with Crippen molar-refractivity contribution in [2.45, 2.75) is 57.8 Å². The van der Waals surface area contributed by atoms with Gasteiger partial charge in [-0.3, -0.25) is 0 Å². The van der Waals surface area contributed by atoms with Crippen LogP contribution in [0, 0.1) is 26.6 Å². The Morgan fingerprint density at radius 3 is 2.62 bits per heavy atom. The van der Waals surface area contributed by atoms with Gasteiger partial charge in [-0.2, -0.15) is 0 Å². The highest BCUT2D eigenvalue weighted by atomic mass is 19.1. The summed E-state index contributed by atoms with van der Waals surface area (Å²) >= 11 is 0. The van der Waals surface area contributed by atoms with Gasteiger partial charge in [-0.15, -0.1) is 0 Å². The molecular formula is C26H31FN2O3. The summed E-state index contributed by atoms with van der Waals surface area (Å²) in [5.74, 6) is 0.500. The van der Waals surface area contributed by atoms with Crippen LogP contribution >= 0.6 is 0 Å². The van der Waals surface area contributed by atoms with Crippen molar-refractivity contribution in [2.24, 2.45) is 0 Å². The first-order valence-electron chi connectivity index (χ1n) is 11.4. The van der Waals surface area contributed by atoms with Crippen molar-refractivity contribution in [3.05, 3.63) is 64.1 Å². The van der Waals surface area contributed by atoms with Crippen LogP contribution in [0.15, 0.2) is 30.3 Å². The van der Waals surface area contributed by atoms with Crippen molar-refractivity contribution < 1.29 is 19.3 Å². The molecular weight excluding hydrogens is 407 g/mol. The van der Waals surface area contributed by atoms with Gasteiger partial charge in [0.2, 0.25) is 0 Å². The molecule has 2 aliphatic rings. The van der Waals surface area contributed by atoms with E-state index in [0.717, 1.165) is 59.4 Å². The normalized spacial score (nSPS) is 21.5. The van der Waals surface area contributed by atoms with Gasteiger partial charge in [0.05, 0.1) is 12.2 Å². The highest BCUT2D eigenvalue weighted by Gasteiger charge is 2.43. The van der Waals surface area contributed by atoms with E-state index in [4.69, 9.17) is 4.74 Å². The van der Waals surface area contributed by atoms with E-state index in [1.165, 1.54) is 23.3 Å². The number of β-amino-alcohol motifs (C(OH)–C–C–N with tert-alkyl or cyclic N) is 1. The molecule has 6 heteroatoms. The minimum atomic E-state index is -0.705. The summed E-state index contributed by atoms with van der Waals surface area (Å²) in [6, 6.07) is 8.72. The number of aryl methyl sites for hydroxylation is 3. The zero-order chi connectivity index (χ0) is 22.6. The maximum Gasteiger partial charge on any atom is 0.126 e. The van der Waals surface area contributed by atoms with Gasteiger partial charge in [0.25, 0.3) is 0 Å². The van der Waals surface area contributed by atoms with E-state index in [1.54, 1.807) is 6.07 Å². The average molecular weight is 439 g/mol. The third-order valence-electron chi connectivity index (χ3n) is 7.41. The number of hydrogen-bond donors (Lipinski definition) is 3. The molecule has 0 aliphatic carbocycles. The van der Waals surface area contributed by atoms with Gasteiger partial charge >= 0.3 is 0 Å². The Morgan fingerprint density at radius 2 is 1.88 bits per heavy atom. The van der Waals surface area contributed by atoms with Crippen molar-refractivity contribution >= 4 is 10.9 Å². The number of aromatic amines is 1. The smallest absolute Gasteiger partial charge is 0.126 e. The van der Waals surface area contributed by atoms with E-state index < -0.39 is 12.2 Å². The number of rotatable bonds is 3. The molecule has 5 nitrogen and oxygen atoms in total. The summed E-state index contributed by atoms with van der Waals surface area (Å²) in [5.41, 5.74) is 5.33. The van der Waals surface area contributed by atoms with Crippen LogP contribution in [0.5, 0.6) is 5.75 Å². The van der Waals surface area contributed by atoms with Crippen LogP contribution in [0.3, 0.4) is 0 Å². The third-order valence-corrected chi connectivity index (χ3v) is 7.41. The van der Waals surface area contributed by atoms with Crippen LogP contribution in [0.2, 0.25) is 0 Å². The van der Waals surface area contributed by atoms with Crippen LogP contribution in [-0.4, -0.2) is 45.3 Å². The summed E-state index contributed by atoms with van der Waals surface area (Å²) in [6.45, 7) is 8.08. The fourth-order valence-corrected chi connectivity index (χ4v) is 5.43. The molecule has 3 aromatic rings. The van der Waals surface area contributed by atoms with Gasteiger partial charge in [0.1, 0.15) is 17.2 Å². The molecule has 3 N–H and O–H groups in total. The number of piperidine rings is 1. The van der Waals surface area contributed by atoms with Crippen molar-refractivity contribution in [3.8, 4) is 5.75 Å². The SMILES string of the molecule is Cc1cc2c(cc1C)[C@@H](O)CC1(CCN(C[C@H](O)c3c(C)[nH]c4ccc(F)cc34)CC1)O2. The standard InChI is InChI=1S/C26H31FN2O3/c1-15-10-20-22(30)13-26(32-24(20)11-16(15)2)6-8-29(9-7-26)14-23(31)25-17(3)28-21-5-4-18(27)12-19(21)25/h4-5,10-12,22-23,28,30-31H,6-9,13-14H2,1-3H3/t22-,23-/m0/s1. The number of nitrogens with one attached hydrogen (secondary N) is 1. The molecule has 1 fully saturated rings. The molecule has 1 aromatic heterocycles. The molecule has 0 bridgehead atoms. The molecule has 0 radical (unpaired) electrons. The van der Waals surface area contributed by atoms with Crippen LogP contribution in [0.25, 0.3) is 10.9 Å². The van der Waals surface area contributed by atoms with E-state index in [1.807, 2.05) is 19.1 Å². The number of aliphatic hydroxyl groups excluding tert-OH is 2. The second-order valence-electron chi connectivity index (χ2n) is 9.65. The van der Waals surface area contributed by atoms with E-state index in [2.05, 4.69) is 23.7 Å². The van der Waals surface area contributed by atoms with E-state index >= 15 is 0 Å². The van der Waals surface area contributed by atoms with Gasteiger partial charge in [-0.25, -0.2) is 4.39 Å². The van der Waals surface area contributed by atoms with E-state index in [-0.39, 0.29) is 11.4 Å². The maximum absolute atomic E-state index is 13.8. The Morgan fingerprint density at radius 1 is 1.16 bits per heavy atom. The van der Waals surface area contributed by atoms with Crippen LogP contribution in [0.4, 0.5) is 4.39 Å². The average Bonchev–Trinajstić information content (AvgIpc) is 3.06. The second kappa shape index (κ2) is 7.87. The van der Waals surface area contributed by atoms with Gasteiger partial charge < -0.3 is 24.8 Å². The third kappa shape index (κ3) is 3.70. The summed E-state index contributed by atoms with van der Waals surface area (Å²) in [6.07, 6.45) is 0.970. The lowest BCUT2D eigenvalue weighted by molar-refractivity contribution is -0.0588. The number of likely N-dealkylation sites (tertiary alicyclic amines) is 1. The minimum Gasteiger partial charge on any atom is -0.487 e. The summed E-state index contributed by atoms with van der Waals surface area (Å²) in [4.78, 5) is 5.48. The number of ether oxygens (including phenoxy) is 1. The first-order chi connectivity index (χ1) is 15.2. The Balaban J connectivity index is 1.29. The molecule has 5 rings (SSSR count). The van der Waals surface area contributed by atoms with Crippen LogP contribution in [-0.2, 0) is 0 Å². The first-order valence-corrected chi connectivity index (χ1v) is 11.4. The highest BCUT2D eigenvalue weighted by Crippen LogP contribution is 2.45. The summed E-state index contributed by atoms with van der Waals surface area (Å²) in [7, 11) is 0. The van der Waals surface area contributed by atoms with E-state index in [9.17, 15) is 14.6 Å². The number of nitrogens with zero attached hydrogens (tertiary/aromatic N) is 1. The zero-order valence-electron chi connectivity index (χ0n) is 18.9. The monoisotopic (exact) mass is 438 g/mol. The molecule has 0 amide bonds. The van der Waals surface area contributed by atoms with Gasteiger partial charge in [-0.05, 0) is 75.1 Å². The minimum absolute atomic E-state index is 0.302. The molecule has 32 heavy (non-hydrogen) atoms. The lowest BCUT2D eigenvalue weighted by Crippen LogP contribution is -2.51. The Kier molecular flexibility index (Phi) is 5.27. The Hall–Kier alpha value is -2.41.